The Labute approximate surface area is 246 Å². The summed E-state index contributed by atoms with van der Waals surface area (Å²) < 4.78 is 0. The predicted octanol–water partition coefficient (Wildman–Crippen LogP) is 4.64. The number of aryl methyl sites for hydroxylation is 3. The van der Waals surface area contributed by atoms with E-state index < -0.39 is 5.97 Å². The summed E-state index contributed by atoms with van der Waals surface area (Å²) in [6.07, 6.45) is 6.54. The van der Waals surface area contributed by atoms with Gasteiger partial charge in [0, 0.05) is 61.5 Å². The molecule has 2 fully saturated rings. The summed E-state index contributed by atoms with van der Waals surface area (Å²) >= 11 is 6.43. The van der Waals surface area contributed by atoms with Crippen LogP contribution >= 0.6 is 11.6 Å². The minimum Gasteiger partial charge on any atom is -0.481 e. The van der Waals surface area contributed by atoms with Crippen LogP contribution in [0.3, 0.4) is 0 Å². The van der Waals surface area contributed by atoms with E-state index >= 15 is 0 Å². The highest BCUT2D eigenvalue weighted by Gasteiger charge is 2.37. The molecule has 41 heavy (non-hydrogen) atoms. The zero-order chi connectivity index (χ0) is 29.3. The summed E-state index contributed by atoms with van der Waals surface area (Å²) in [5.41, 5.74) is 4.99. The van der Waals surface area contributed by atoms with Crippen LogP contribution in [0.5, 0.6) is 0 Å². The molecule has 1 unspecified atom stereocenters. The Morgan fingerprint density at radius 3 is 2.34 bits per heavy atom. The van der Waals surface area contributed by atoms with Crippen LogP contribution in [0.25, 0.3) is 0 Å². The van der Waals surface area contributed by atoms with E-state index in [9.17, 15) is 19.5 Å². The molecule has 1 aromatic heterocycles. The van der Waals surface area contributed by atoms with Gasteiger partial charge in [-0.15, -0.1) is 0 Å². The van der Waals surface area contributed by atoms with E-state index in [4.69, 9.17) is 11.6 Å². The van der Waals surface area contributed by atoms with E-state index in [1.54, 1.807) is 4.90 Å². The lowest BCUT2D eigenvalue weighted by molar-refractivity contribution is -0.144. The van der Waals surface area contributed by atoms with Gasteiger partial charge in [-0.2, -0.15) is 0 Å². The first-order valence-corrected chi connectivity index (χ1v) is 14.8. The Morgan fingerprint density at radius 2 is 1.71 bits per heavy atom. The van der Waals surface area contributed by atoms with Gasteiger partial charge in [-0.3, -0.25) is 19.3 Å². The fraction of sp³-hybridized carbons (Fsp3) is 0.516. The van der Waals surface area contributed by atoms with Gasteiger partial charge in [-0.25, -0.2) is 9.97 Å². The molecule has 2 aromatic rings. The lowest BCUT2D eigenvalue weighted by Crippen LogP contribution is -2.40. The SMILES string of the molecule is Cc1ccc(N(CCCN2CC3=CN(C(=O)c4c(C)ncnc4C)CC3C2)C(=O)C2CCC(C(=O)O)CC2)cc1Cl. The molecule has 1 atom stereocenters. The maximum absolute atomic E-state index is 13.7. The monoisotopic (exact) mass is 579 g/mol. The topological polar surface area (TPSA) is 107 Å². The van der Waals surface area contributed by atoms with Crippen molar-refractivity contribution < 1.29 is 19.5 Å². The van der Waals surface area contributed by atoms with Crippen LogP contribution in [0.1, 0.15) is 59.4 Å². The number of rotatable bonds is 8. The molecule has 2 aliphatic heterocycles. The average molecular weight is 580 g/mol. The molecule has 218 valence electrons. The molecule has 1 aliphatic carbocycles. The second kappa shape index (κ2) is 12.3. The van der Waals surface area contributed by atoms with Gasteiger partial charge in [0.15, 0.2) is 0 Å². The highest BCUT2D eigenvalue weighted by molar-refractivity contribution is 6.31. The van der Waals surface area contributed by atoms with Crippen LogP contribution in [-0.2, 0) is 9.59 Å². The van der Waals surface area contributed by atoms with Crippen LogP contribution in [0, 0.1) is 38.5 Å². The minimum atomic E-state index is -0.768. The second-order valence-electron chi connectivity index (χ2n) is 11.7. The Kier molecular flexibility index (Phi) is 8.75. The first-order valence-electron chi connectivity index (χ1n) is 14.4. The summed E-state index contributed by atoms with van der Waals surface area (Å²) in [4.78, 5) is 52.7. The van der Waals surface area contributed by atoms with Crippen LogP contribution in [-0.4, -0.2) is 75.4 Å². The van der Waals surface area contributed by atoms with Crippen molar-refractivity contribution in [2.45, 2.75) is 52.9 Å². The molecule has 3 aliphatic rings. The molecule has 3 heterocycles. The largest absolute Gasteiger partial charge is 0.481 e. The number of carboxylic acids is 1. The molecule has 0 radical (unpaired) electrons. The molecular formula is C31H38ClN5O4. The van der Waals surface area contributed by atoms with Crippen molar-refractivity contribution in [1.82, 2.24) is 19.8 Å². The smallest absolute Gasteiger partial charge is 0.306 e. The molecule has 1 saturated heterocycles. The minimum absolute atomic E-state index is 0.0441. The number of halogens is 1. The lowest BCUT2D eigenvalue weighted by Gasteiger charge is -2.32. The normalized spacial score (nSPS) is 22.4. The first kappa shape index (κ1) is 29.2. The van der Waals surface area contributed by atoms with Crippen molar-refractivity contribution in [3.8, 4) is 0 Å². The number of hydrogen-bond donors (Lipinski definition) is 1. The van der Waals surface area contributed by atoms with Crippen molar-refractivity contribution in [3.63, 3.8) is 0 Å². The van der Waals surface area contributed by atoms with E-state index in [1.807, 2.05) is 50.1 Å². The number of carbonyl (C=O) groups excluding carboxylic acids is 2. The predicted molar refractivity (Wildman–Crippen MR) is 157 cm³/mol. The number of carbonyl (C=O) groups is 3. The maximum Gasteiger partial charge on any atom is 0.306 e. The van der Waals surface area contributed by atoms with Gasteiger partial charge in [0.2, 0.25) is 5.91 Å². The van der Waals surface area contributed by atoms with Crippen LogP contribution in [0.15, 0.2) is 36.3 Å². The highest BCUT2D eigenvalue weighted by Crippen LogP contribution is 2.34. The van der Waals surface area contributed by atoms with Crippen molar-refractivity contribution >= 4 is 35.1 Å². The zero-order valence-electron chi connectivity index (χ0n) is 24.0. The quantitative estimate of drug-likeness (QED) is 0.485. The Bertz CT molecular complexity index is 1350. The third kappa shape index (κ3) is 6.31. The summed E-state index contributed by atoms with van der Waals surface area (Å²) in [6.45, 7) is 9.36. The van der Waals surface area contributed by atoms with Gasteiger partial charge < -0.3 is 14.9 Å². The molecule has 0 spiro atoms. The first-order chi connectivity index (χ1) is 19.6. The van der Waals surface area contributed by atoms with E-state index in [0.29, 0.717) is 66.7 Å². The molecule has 1 aromatic carbocycles. The number of anilines is 1. The Hall–Kier alpha value is -3.30. The molecule has 0 bridgehead atoms. The van der Waals surface area contributed by atoms with Gasteiger partial charge in [-0.1, -0.05) is 17.7 Å². The Morgan fingerprint density at radius 1 is 1.02 bits per heavy atom. The van der Waals surface area contributed by atoms with E-state index in [2.05, 4.69) is 14.9 Å². The number of hydrogen-bond acceptors (Lipinski definition) is 6. The van der Waals surface area contributed by atoms with Gasteiger partial charge in [0.25, 0.3) is 5.91 Å². The van der Waals surface area contributed by atoms with Gasteiger partial charge >= 0.3 is 5.97 Å². The van der Waals surface area contributed by atoms with E-state index in [0.717, 1.165) is 37.3 Å². The Balaban J connectivity index is 1.20. The molecule has 2 amide bonds. The van der Waals surface area contributed by atoms with Crippen molar-refractivity contribution in [2.75, 3.05) is 37.6 Å². The summed E-state index contributed by atoms with van der Waals surface area (Å²) in [6, 6.07) is 5.74. The van der Waals surface area contributed by atoms with Gasteiger partial charge in [-0.05, 0) is 76.1 Å². The standard InChI is InChI=1S/C31H38ClN5O4/c1-19-5-10-26(13-27(19)32)37(29(38)22-6-8-23(9-7-22)31(40)41)12-4-11-35-14-24-16-36(17-25(24)15-35)30(39)28-20(2)33-18-34-21(28)3/h5,10,13,16,18,22-23,25H,4,6-9,11-12,14-15,17H2,1-3H3,(H,40,41). The van der Waals surface area contributed by atoms with Crippen molar-refractivity contribution in [3.05, 3.63) is 63.8 Å². The molecule has 5 rings (SSSR count). The summed E-state index contributed by atoms with van der Waals surface area (Å²) in [5.74, 6) is -0.979. The zero-order valence-corrected chi connectivity index (χ0v) is 24.7. The van der Waals surface area contributed by atoms with Gasteiger partial charge in [0.05, 0.1) is 22.9 Å². The number of aromatic nitrogens is 2. The van der Waals surface area contributed by atoms with Crippen molar-refractivity contribution in [1.29, 1.82) is 0 Å². The second-order valence-corrected chi connectivity index (χ2v) is 12.1. The maximum atomic E-state index is 13.7. The van der Waals surface area contributed by atoms with E-state index in [1.165, 1.54) is 11.9 Å². The molecule has 9 nitrogen and oxygen atoms in total. The van der Waals surface area contributed by atoms with Crippen LogP contribution < -0.4 is 4.90 Å². The van der Waals surface area contributed by atoms with Crippen LogP contribution in [0.2, 0.25) is 5.02 Å². The summed E-state index contributed by atoms with van der Waals surface area (Å²) in [7, 11) is 0. The fourth-order valence-electron chi connectivity index (χ4n) is 6.43. The third-order valence-corrected chi connectivity index (χ3v) is 9.27. The number of likely N-dealkylation sites (tertiary alicyclic amines) is 1. The molecule has 1 N–H and O–H groups in total. The van der Waals surface area contributed by atoms with Gasteiger partial charge in [0.1, 0.15) is 6.33 Å². The number of fused-ring (bicyclic) bond motifs is 1. The number of benzene rings is 1. The molecule has 1 saturated carbocycles. The molecule has 10 heteroatoms. The van der Waals surface area contributed by atoms with Crippen LogP contribution in [0.4, 0.5) is 5.69 Å². The highest BCUT2D eigenvalue weighted by atomic mass is 35.5. The van der Waals surface area contributed by atoms with E-state index in [-0.39, 0.29) is 23.7 Å². The van der Waals surface area contributed by atoms with Crippen molar-refractivity contribution in [2.24, 2.45) is 17.8 Å². The number of carboxylic acid groups (broad SMARTS) is 1. The molecular weight excluding hydrogens is 542 g/mol. The lowest BCUT2D eigenvalue weighted by atomic mass is 9.81. The summed E-state index contributed by atoms with van der Waals surface area (Å²) in [5, 5.41) is 9.98. The number of amides is 2. The number of nitrogens with zero attached hydrogens (tertiary/aromatic N) is 5. The fourth-order valence-corrected chi connectivity index (χ4v) is 6.60. The average Bonchev–Trinajstić information content (AvgIpc) is 3.51. The third-order valence-electron chi connectivity index (χ3n) is 8.86. The number of aliphatic carboxylic acids is 1.